The number of benzene rings is 1. The third-order valence-corrected chi connectivity index (χ3v) is 7.17. The number of nitrogens with zero attached hydrogens (tertiary/aromatic N) is 2. The van der Waals surface area contributed by atoms with Gasteiger partial charge in [-0.1, -0.05) is 37.5 Å². The van der Waals surface area contributed by atoms with Crippen LogP contribution in [0, 0.1) is 0 Å². The van der Waals surface area contributed by atoms with Crippen molar-refractivity contribution in [1.82, 2.24) is 9.80 Å². The molecule has 4 heteroatoms. The molecule has 148 valence electrons. The third kappa shape index (κ3) is 4.01. The number of hydrogen-bond acceptors (Lipinski definition) is 3. The van der Waals surface area contributed by atoms with Gasteiger partial charge in [0.05, 0.1) is 0 Å². The minimum Gasteiger partial charge on any atom is -0.486 e. The van der Waals surface area contributed by atoms with Crippen molar-refractivity contribution in [2.75, 3.05) is 13.6 Å². The van der Waals surface area contributed by atoms with Gasteiger partial charge in [-0.25, -0.2) is 0 Å². The molecule has 2 aliphatic carbocycles. The Bertz CT molecular complexity index is 660. The summed E-state index contributed by atoms with van der Waals surface area (Å²) in [6.07, 6.45) is 10.9. The van der Waals surface area contributed by atoms with Crippen molar-refractivity contribution in [2.24, 2.45) is 0 Å². The molecule has 0 bridgehead atoms. The zero-order valence-electron chi connectivity index (χ0n) is 17.0. The Morgan fingerprint density at radius 1 is 1.11 bits per heavy atom. The molecule has 1 aliphatic heterocycles. The Kier molecular flexibility index (Phi) is 5.45. The smallest absolute Gasteiger partial charge is 0.219 e. The van der Waals surface area contributed by atoms with Crippen LogP contribution in [0.15, 0.2) is 24.3 Å². The molecule has 2 saturated carbocycles. The second kappa shape index (κ2) is 7.83. The monoisotopic (exact) mass is 370 g/mol. The second-order valence-electron chi connectivity index (χ2n) is 8.95. The number of amides is 1. The van der Waals surface area contributed by atoms with Gasteiger partial charge in [0.1, 0.15) is 11.4 Å². The summed E-state index contributed by atoms with van der Waals surface area (Å²) in [5.74, 6) is 1.25. The lowest BCUT2D eigenvalue weighted by molar-refractivity contribution is -0.131. The predicted octanol–water partition coefficient (Wildman–Crippen LogP) is 4.37. The highest BCUT2D eigenvalue weighted by Gasteiger charge is 2.43. The summed E-state index contributed by atoms with van der Waals surface area (Å²) in [5, 5.41) is 0. The first-order valence-electron chi connectivity index (χ1n) is 10.8. The zero-order valence-corrected chi connectivity index (χ0v) is 17.0. The molecule has 1 amide bonds. The predicted molar refractivity (Wildman–Crippen MR) is 108 cm³/mol. The van der Waals surface area contributed by atoms with E-state index in [4.69, 9.17) is 4.74 Å². The lowest BCUT2D eigenvalue weighted by Gasteiger charge is -2.45. The average Bonchev–Trinajstić information content (AvgIpc) is 2.85. The maximum absolute atomic E-state index is 11.8. The molecule has 1 aromatic carbocycles. The minimum atomic E-state index is -0.0990. The topological polar surface area (TPSA) is 32.8 Å². The van der Waals surface area contributed by atoms with Crippen LogP contribution < -0.4 is 4.74 Å². The van der Waals surface area contributed by atoms with E-state index in [-0.39, 0.29) is 11.5 Å². The van der Waals surface area contributed by atoms with E-state index >= 15 is 0 Å². The van der Waals surface area contributed by atoms with Crippen LogP contribution in [0.3, 0.4) is 0 Å². The molecule has 1 heterocycles. The zero-order chi connectivity index (χ0) is 18.9. The van der Waals surface area contributed by atoms with E-state index in [1.54, 1.807) is 6.92 Å². The highest BCUT2D eigenvalue weighted by molar-refractivity contribution is 5.73. The van der Waals surface area contributed by atoms with Crippen molar-refractivity contribution in [2.45, 2.75) is 88.9 Å². The largest absolute Gasteiger partial charge is 0.486 e. The molecular weight excluding hydrogens is 336 g/mol. The highest BCUT2D eigenvalue weighted by atomic mass is 16.5. The Morgan fingerprint density at radius 2 is 1.81 bits per heavy atom. The van der Waals surface area contributed by atoms with Crippen molar-refractivity contribution < 1.29 is 9.53 Å². The fraction of sp³-hybridized carbons (Fsp3) is 0.696. The number of hydrogen-bond donors (Lipinski definition) is 0. The number of rotatable bonds is 2. The van der Waals surface area contributed by atoms with Gasteiger partial charge in [-0.05, 0) is 44.6 Å². The van der Waals surface area contributed by atoms with Crippen LogP contribution in [0.2, 0.25) is 0 Å². The Morgan fingerprint density at radius 3 is 2.52 bits per heavy atom. The second-order valence-corrected chi connectivity index (χ2v) is 8.95. The molecule has 0 atom stereocenters. The van der Waals surface area contributed by atoms with Gasteiger partial charge in [-0.3, -0.25) is 9.69 Å². The van der Waals surface area contributed by atoms with Crippen LogP contribution in [0.1, 0.15) is 70.3 Å². The summed E-state index contributed by atoms with van der Waals surface area (Å²) >= 11 is 0. The van der Waals surface area contributed by atoms with Crippen LogP contribution in [-0.4, -0.2) is 47.0 Å². The molecule has 2 fully saturated rings. The summed E-state index contributed by atoms with van der Waals surface area (Å²) in [6.45, 7) is 3.72. The third-order valence-electron chi connectivity index (χ3n) is 7.17. The molecule has 3 aliphatic rings. The lowest BCUT2D eigenvalue weighted by atomic mass is 9.80. The normalized spacial score (nSPS) is 29.6. The van der Waals surface area contributed by atoms with Gasteiger partial charge >= 0.3 is 0 Å². The molecular formula is C23H34N2O2. The number of carbonyl (C=O) groups excluding carboxylic acids is 1. The lowest BCUT2D eigenvalue weighted by Crippen LogP contribution is -2.53. The van der Waals surface area contributed by atoms with Crippen LogP contribution in [0.4, 0.5) is 0 Å². The summed E-state index contributed by atoms with van der Waals surface area (Å²) in [4.78, 5) is 16.4. The summed E-state index contributed by atoms with van der Waals surface area (Å²) in [6, 6.07) is 9.67. The number of para-hydroxylation sites is 1. The van der Waals surface area contributed by atoms with Gasteiger partial charge in [-0.15, -0.1) is 0 Å². The van der Waals surface area contributed by atoms with Crippen molar-refractivity contribution in [3.8, 4) is 5.75 Å². The van der Waals surface area contributed by atoms with Crippen LogP contribution in [0.25, 0.3) is 0 Å². The molecule has 4 rings (SSSR count). The van der Waals surface area contributed by atoms with Gasteiger partial charge in [0.2, 0.25) is 5.91 Å². The molecule has 0 unspecified atom stereocenters. The van der Waals surface area contributed by atoms with E-state index in [0.717, 1.165) is 44.5 Å². The van der Waals surface area contributed by atoms with Crippen LogP contribution >= 0.6 is 0 Å². The summed E-state index contributed by atoms with van der Waals surface area (Å²) in [5.41, 5.74) is 1.24. The van der Waals surface area contributed by atoms with Crippen molar-refractivity contribution in [3.05, 3.63) is 29.8 Å². The van der Waals surface area contributed by atoms with E-state index < -0.39 is 0 Å². The fourth-order valence-corrected chi connectivity index (χ4v) is 5.38. The molecule has 1 aromatic rings. The van der Waals surface area contributed by atoms with E-state index in [2.05, 4.69) is 29.2 Å². The quantitative estimate of drug-likeness (QED) is 0.775. The molecule has 0 aromatic heterocycles. The van der Waals surface area contributed by atoms with Gasteiger partial charge in [0.25, 0.3) is 0 Å². The molecule has 0 radical (unpaired) electrons. The van der Waals surface area contributed by atoms with Crippen LogP contribution in [0.5, 0.6) is 5.75 Å². The standard InChI is InChI=1S/C23H34N2O2/c1-18(26)24(2)20-12-14-23(15-13-20)17-25(21-9-4-3-5-10-21)16-19-8-6-7-11-22(19)27-23/h6-8,11,20-21H,3-5,9-10,12-17H2,1-2H3. The number of carbonyl (C=O) groups is 1. The fourth-order valence-electron chi connectivity index (χ4n) is 5.38. The number of fused-ring (bicyclic) bond motifs is 1. The number of ether oxygens (including phenoxy) is 1. The van der Waals surface area contributed by atoms with E-state index in [1.807, 2.05) is 11.9 Å². The van der Waals surface area contributed by atoms with Gasteiger partial charge in [0, 0.05) is 44.7 Å². The van der Waals surface area contributed by atoms with Gasteiger partial charge < -0.3 is 9.64 Å². The average molecular weight is 371 g/mol. The first-order chi connectivity index (χ1) is 13.1. The van der Waals surface area contributed by atoms with Crippen LogP contribution in [-0.2, 0) is 11.3 Å². The van der Waals surface area contributed by atoms with E-state index in [9.17, 15) is 4.79 Å². The Labute approximate surface area is 163 Å². The Hall–Kier alpha value is -1.55. The molecule has 0 N–H and O–H groups in total. The molecule has 27 heavy (non-hydrogen) atoms. The molecule has 0 saturated heterocycles. The first kappa shape index (κ1) is 18.8. The molecule has 4 nitrogen and oxygen atoms in total. The maximum atomic E-state index is 11.8. The first-order valence-corrected chi connectivity index (χ1v) is 10.8. The summed E-state index contributed by atoms with van der Waals surface area (Å²) in [7, 11) is 1.95. The van der Waals surface area contributed by atoms with E-state index in [0.29, 0.717) is 12.1 Å². The summed E-state index contributed by atoms with van der Waals surface area (Å²) < 4.78 is 6.75. The van der Waals surface area contributed by atoms with E-state index in [1.165, 1.54) is 37.7 Å². The van der Waals surface area contributed by atoms with Crippen molar-refractivity contribution in [3.63, 3.8) is 0 Å². The maximum Gasteiger partial charge on any atom is 0.219 e. The van der Waals surface area contributed by atoms with Gasteiger partial charge in [-0.2, -0.15) is 0 Å². The van der Waals surface area contributed by atoms with Gasteiger partial charge in [0.15, 0.2) is 0 Å². The minimum absolute atomic E-state index is 0.0990. The highest BCUT2D eigenvalue weighted by Crippen LogP contribution is 2.40. The van der Waals surface area contributed by atoms with Crippen molar-refractivity contribution >= 4 is 5.91 Å². The Balaban J connectivity index is 1.55. The SMILES string of the molecule is CC(=O)N(C)C1CCC2(CC1)CN(C1CCCCC1)Cc1ccccc1O2. The molecule has 1 spiro atoms. The van der Waals surface area contributed by atoms with Crippen molar-refractivity contribution in [1.29, 1.82) is 0 Å².